The van der Waals surface area contributed by atoms with Crippen LogP contribution in [0.1, 0.15) is 5.82 Å². The number of rotatable bonds is 5. The highest BCUT2D eigenvalue weighted by Crippen LogP contribution is 2.29. The van der Waals surface area contributed by atoms with E-state index in [0.717, 1.165) is 22.4 Å². The van der Waals surface area contributed by atoms with E-state index in [9.17, 15) is 4.79 Å². The van der Waals surface area contributed by atoms with Crippen molar-refractivity contribution in [3.8, 4) is 5.75 Å². The van der Waals surface area contributed by atoms with Crippen LogP contribution in [0.25, 0.3) is 10.9 Å². The van der Waals surface area contributed by atoms with Crippen molar-refractivity contribution in [2.75, 3.05) is 18.6 Å². The van der Waals surface area contributed by atoms with Crippen LogP contribution in [0.3, 0.4) is 0 Å². The number of hydrogen-bond acceptors (Lipinski definition) is 5. The molecule has 0 aliphatic heterocycles. The fraction of sp³-hybridized carbons (Fsp3) is 0.167. The highest BCUT2D eigenvalue weighted by atomic mass is 16.5. The van der Waals surface area contributed by atoms with Crippen molar-refractivity contribution in [3.63, 3.8) is 0 Å². The van der Waals surface area contributed by atoms with Gasteiger partial charge in [-0.25, -0.2) is 9.97 Å². The van der Waals surface area contributed by atoms with Crippen LogP contribution in [-0.4, -0.2) is 34.7 Å². The van der Waals surface area contributed by atoms with Crippen molar-refractivity contribution in [1.29, 1.82) is 0 Å². The van der Waals surface area contributed by atoms with Crippen LogP contribution in [0.15, 0.2) is 48.5 Å². The first-order chi connectivity index (χ1) is 12.1. The largest absolute Gasteiger partial charge is 0.484 e. The number of carbonyl (C=O) groups is 1. The fourth-order valence-electron chi connectivity index (χ4n) is 2.50. The second-order valence-electron chi connectivity index (χ2n) is 5.50. The Balaban J connectivity index is 1.86. The number of nitrogens with one attached hydrogen (secondary N) is 1. The van der Waals surface area contributed by atoms with Crippen LogP contribution >= 0.6 is 0 Å². The van der Waals surface area contributed by atoms with E-state index in [1.807, 2.05) is 55.3 Å². The standard InChI is InChI=1S/C18H18N4O3/c1-12-19-16-6-4-3-5-15(16)18(20-12)22(2)13-7-9-14(10-8-13)25-11-17(23)21-24/h3-10,24H,11H2,1-2H3,(H,21,23)/p+1. The van der Waals surface area contributed by atoms with Crippen molar-refractivity contribution in [2.24, 2.45) is 0 Å². The van der Waals surface area contributed by atoms with Crippen molar-refractivity contribution < 1.29 is 14.7 Å². The molecule has 128 valence electrons. The first-order valence-corrected chi connectivity index (χ1v) is 7.74. The molecule has 3 rings (SSSR count). The molecule has 0 spiro atoms. The minimum Gasteiger partial charge on any atom is -0.484 e. The summed E-state index contributed by atoms with van der Waals surface area (Å²) >= 11 is 0. The lowest BCUT2D eigenvalue weighted by Crippen LogP contribution is -2.25. The van der Waals surface area contributed by atoms with Gasteiger partial charge in [-0.15, -0.1) is 5.48 Å². The normalized spacial score (nSPS) is 10.5. The Hall–Kier alpha value is -3.19. The average molecular weight is 339 g/mol. The van der Waals surface area contributed by atoms with Gasteiger partial charge >= 0.3 is 5.91 Å². The van der Waals surface area contributed by atoms with Gasteiger partial charge in [0.2, 0.25) is 0 Å². The fourth-order valence-corrected chi connectivity index (χ4v) is 2.50. The van der Waals surface area contributed by atoms with Crippen molar-refractivity contribution in [1.82, 2.24) is 15.4 Å². The Morgan fingerprint density at radius 3 is 2.60 bits per heavy atom. The number of hydroxylamine groups is 1. The van der Waals surface area contributed by atoms with Gasteiger partial charge in [0, 0.05) is 18.1 Å². The third-order valence-corrected chi connectivity index (χ3v) is 3.75. The predicted octanol–water partition coefficient (Wildman–Crippen LogP) is 1.84. The molecule has 0 saturated carbocycles. The Labute approximate surface area is 144 Å². The molecule has 3 N–H and O–H groups in total. The molecule has 0 unspecified atom stereocenters. The van der Waals surface area contributed by atoms with E-state index in [1.165, 1.54) is 0 Å². The molecule has 0 saturated heterocycles. The summed E-state index contributed by atoms with van der Waals surface area (Å²) in [6.45, 7) is 1.69. The van der Waals surface area contributed by atoms with Gasteiger partial charge in [-0.05, 0) is 43.3 Å². The van der Waals surface area contributed by atoms with E-state index in [1.54, 1.807) is 17.6 Å². The van der Waals surface area contributed by atoms with E-state index in [4.69, 9.17) is 9.94 Å². The lowest BCUT2D eigenvalue weighted by Gasteiger charge is -2.20. The predicted molar refractivity (Wildman–Crippen MR) is 96.0 cm³/mol. The molecule has 25 heavy (non-hydrogen) atoms. The summed E-state index contributed by atoms with van der Waals surface area (Å²) < 4.78 is 5.31. The number of ether oxygens (including phenoxy) is 1. The minimum absolute atomic E-state index is 0.186. The zero-order valence-corrected chi connectivity index (χ0v) is 14.0. The van der Waals surface area contributed by atoms with Gasteiger partial charge in [-0.1, -0.05) is 12.1 Å². The van der Waals surface area contributed by atoms with Gasteiger partial charge in [-0.3, -0.25) is 4.79 Å². The summed E-state index contributed by atoms with van der Waals surface area (Å²) in [5.41, 5.74) is 3.60. The van der Waals surface area contributed by atoms with Gasteiger partial charge in [0.25, 0.3) is 0 Å². The molecule has 3 aromatic rings. The van der Waals surface area contributed by atoms with Crippen LogP contribution in [0.5, 0.6) is 5.75 Å². The summed E-state index contributed by atoms with van der Waals surface area (Å²) in [6.07, 6.45) is 0. The van der Waals surface area contributed by atoms with Gasteiger partial charge in [0.1, 0.15) is 17.4 Å². The Kier molecular flexibility index (Phi) is 4.76. The number of para-hydroxylation sites is 1. The lowest BCUT2D eigenvalue weighted by molar-refractivity contribution is -0.131. The molecular formula is C18H19N4O3+. The highest BCUT2D eigenvalue weighted by molar-refractivity contribution is 5.91. The van der Waals surface area contributed by atoms with Crippen LogP contribution in [0.4, 0.5) is 11.5 Å². The van der Waals surface area contributed by atoms with E-state index in [2.05, 4.69) is 9.97 Å². The molecule has 2 aromatic carbocycles. The molecule has 0 bridgehead atoms. The number of fused-ring (bicyclic) bond motifs is 1. The molecule has 1 heterocycles. The van der Waals surface area contributed by atoms with Crippen LogP contribution in [-0.2, 0) is 4.79 Å². The van der Waals surface area contributed by atoms with Crippen molar-refractivity contribution >= 4 is 28.3 Å². The number of aromatic nitrogens is 2. The molecule has 0 atom stereocenters. The zero-order valence-electron chi connectivity index (χ0n) is 14.0. The first-order valence-electron chi connectivity index (χ1n) is 7.74. The molecule has 0 aliphatic rings. The molecule has 1 amide bonds. The van der Waals surface area contributed by atoms with Gasteiger partial charge in [0.05, 0.1) is 5.52 Å². The van der Waals surface area contributed by atoms with E-state index in [-0.39, 0.29) is 6.61 Å². The van der Waals surface area contributed by atoms with Crippen LogP contribution in [0, 0.1) is 6.92 Å². The van der Waals surface area contributed by atoms with Crippen molar-refractivity contribution in [2.45, 2.75) is 6.92 Å². The highest BCUT2D eigenvalue weighted by Gasteiger charge is 2.12. The summed E-state index contributed by atoms with van der Waals surface area (Å²) in [7, 11) is 1.94. The summed E-state index contributed by atoms with van der Waals surface area (Å²) in [4.78, 5) is 22.1. The number of benzene rings is 2. The maximum atomic E-state index is 11.1. The quantitative estimate of drug-likeness (QED) is 0.566. The summed E-state index contributed by atoms with van der Waals surface area (Å²) in [5, 5.41) is 7.72. The Morgan fingerprint density at radius 2 is 1.88 bits per heavy atom. The van der Waals surface area contributed by atoms with Gasteiger partial charge in [-0.2, -0.15) is 0 Å². The topological polar surface area (TPSA) is 90.3 Å². The minimum atomic E-state index is -0.496. The average Bonchev–Trinajstić information content (AvgIpc) is 2.65. The molecule has 0 aliphatic carbocycles. The van der Waals surface area contributed by atoms with Gasteiger partial charge < -0.3 is 14.8 Å². The zero-order chi connectivity index (χ0) is 17.8. The maximum Gasteiger partial charge on any atom is 0.320 e. The second kappa shape index (κ2) is 7.14. The number of aryl methyl sites for hydroxylation is 1. The van der Waals surface area contributed by atoms with Crippen molar-refractivity contribution in [3.05, 3.63) is 54.4 Å². The molecule has 7 nitrogen and oxygen atoms in total. The maximum absolute atomic E-state index is 11.1. The molecular weight excluding hydrogens is 320 g/mol. The third kappa shape index (κ3) is 3.67. The number of amides is 1. The Morgan fingerprint density at radius 1 is 1.16 bits per heavy atom. The Bertz CT molecular complexity index is 896. The number of anilines is 2. The van der Waals surface area contributed by atoms with E-state index in [0.29, 0.717) is 11.6 Å². The smallest absolute Gasteiger partial charge is 0.320 e. The van der Waals surface area contributed by atoms with E-state index < -0.39 is 5.91 Å². The number of carbonyl (C=O) groups excluding carboxylic acids is 1. The SMILES string of the molecule is Cc1nc(N(C)c2ccc(OCC(=O)N[OH2+])cc2)c2ccccc2n1. The van der Waals surface area contributed by atoms with Crippen LogP contribution in [0.2, 0.25) is 0 Å². The molecule has 1 aromatic heterocycles. The van der Waals surface area contributed by atoms with Gasteiger partial charge in [0.15, 0.2) is 6.61 Å². The summed E-state index contributed by atoms with van der Waals surface area (Å²) in [5.74, 6) is 1.60. The molecule has 7 heteroatoms. The molecule has 0 radical (unpaired) electrons. The first kappa shape index (κ1) is 16.7. The lowest BCUT2D eigenvalue weighted by atomic mass is 10.2. The number of hydrogen-bond donors (Lipinski definition) is 1. The second-order valence-corrected chi connectivity index (χ2v) is 5.50. The number of nitrogens with zero attached hydrogens (tertiary/aromatic N) is 3. The monoisotopic (exact) mass is 339 g/mol. The van der Waals surface area contributed by atoms with Crippen LogP contribution < -0.4 is 15.1 Å². The third-order valence-electron chi connectivity index (χ3n) is 3.75. The summed E-state index contributed by atoms with van der Waals surface area (Å²) in [6, 6.07) is 15.2. The molecule has 0 fully saturated rings. The van der Waals surface area contributed by atoms with E-state index >= 15 is 0 Å².